The monoisotopic (exact) mass is 367 g/mol. The average molecular weight is 369 g/mol. The van der Waals surface area contributed by atoms with E-state index < -0.39 is 0 Å². The Bertz CT molecular complexity index is 573. The first kappa shape index (κ1) is 12.7. The van der Waals surface area contributed by atoms with Crippen LogP contribution in [0.4, 0.5) is 0 Å². The van der Waals surface area contributed by atoms with Gasteiger partial charge < -0.3 is 0 Å². The van der Waals surface area contributed by atoms with E-state index in [1.54, 1.807) is 11.8 Å². The van der Waals surface area contributed by atoms with Gasteiger partial charge in [-0.25, -0.2) is 0 Å². The highest BCUT2D eigenvalue weighted by molar-refractivity contribution is 9.10. The Morgan fingerprint density at radius 2 is 1.59 bits per heavy atom. The van der Waals surface area contributed by atoms with E-state index in [0.29, 0.717) is 5.56 Å². The minimum Gasteiger partial charge on any atom is -0.192 e. The van der Waals surface area contributed by atoms with Gasteiger partial charge in [-0.1, -0.05) is 43.6 Å². The third-order valence-electron chi connectivity index (χ3n) is 2.05. The lowest BCUT2D eigenvalue weighted by molar-refractivity contribution is 1.36. The van der Waals surface area contributed by atoms with Gasteiger partial charge in [0.1, 0.15) is 0 Å². The molecule has 84 valence electrons. The Kier molecular flexibility index (Phi) is 4.27. The van der Waals surface area contributed by atoms with Crippen LogP contribution in [0, 0.1) is 11.3 Å². The fraction of sp³-hybridized carbons (Fsp3) is 0. The predicted octanol–water partition coefficient (Wildman–Crippen LogP) is 5.23. The maximum Gasteiger partial charge on any atom is 0.0992 e. The van der Waals surface area contributed by atoms with Crippen LogP contribution in [-0.2, 0) is 0 Å². The molecule has 0 aromatic heterocycles. The lowest BCUT2D eigenvalue weighted by atomic mass is 10.2. The van der Waals surface area contributed by atoms with Crippen LogP contribution in [0.1, 0.15) is 5.56 Å². The summed E-state index contributed by atoms with van der Waals surface area (Å²) in [6.07, 6.45) is 0. The summed E-state index contributed by atoms with van der Waals surface area (Å²) in [6.45, 7) is 0. The summed E-state index contributed by atoms with van der Waals surface area (Å²) in [5.74, 6) is 0. The fourth-order valence-corrected chi connectivity index (χ4v) is 3.15. The van der Waals surface area contributed by atoms with Crippen molar-refractivity contribution in [2.24, 2.45) is 0 Å². The molecule has 0 N–H and O–H groups in total. The number of hydrogen-bond donors (Lipinski definition) is 0. The maximum absolute atomic E-state index is 8.90. The second-order valence-corrected chi connectivity index (χ2v) is 6.32. The van der Waals surface area contributed by atoms with E-state index in [1.165, 1.54) is 0 Å². The molecule has 0 aliphatic carbocycles. The number of nitrogens with zero attached hydrogens (tertiary/aromatic N) is 1. The predicted molar refractivity (Wildman–Crippen MR) is 77.1 cm³/mol. The van der Waals surface area contributed by atoms with Crippen molar-refractivity contribution in [2.75, 3.05) is 0 Å². The molecule has 2 rings (SSSR count). The average Bonchev–Trinajstić information content (AvgIpc) is 2.31. The molecule has 0 fully saturated rings. The van der Waals surface area contributed by atoms with Crippen LogP contribution in [-0.4, -0.2) is 0 Å². The molecule has 2 aromatic carbocycles. The van der Waals surface area contributed by atoms with Gasteiger partial charge in [0.05, 0.1) is 11.6 Å². The van der Waals surface area contributed by atoms with Crippen LogP contribution in [0.15, 0.2) is 61.2 Å². The summed E-state index contributed by atoms with van der Waals surface area (Å²) in [4.78, 5) is 2.20. The summed E-state index contributed by atoms with van der Waals surface area (Å²) >= 11 is 8.45. The highest BCUT2D eigenvalue weighted by atomic mass is 79.9. The van der Waals surface area contributed by atoms with Gasteiger partial charge in [0, 0.05) is 18.7 Å². The molecule has 0 aliphatic heterocycles. The molecule has 4 heteroatoms. The van der Waals surface area contributed by atoms with Crippen LogP contribution < -0.4 is 0 Å². The van der Waals surface area contributed by atoms with Crippen LogP contribution >= 0.6 is 43.6 Å². The van der Waals surface area contributed by atoms with E-state index in [2.05, 4.69) is 37.9 Å². The minimum absolute atomic E-state index is 0.666. The highest BCUT2D eigenvalue weighted by Gasteiger charge is 2.01. The molecule has 0 bridgehead atoms. The Balaban J connectivity index is 2.27. The Morgan fingerprint density at radius 1 is 0.882 bits per heavy atom. The molecule has 1 nitrogen and oxygen atoms in total. The van der Waals surface area contributed by atoms with Gasteiger partial charge in [0.2, 0.25) is 0 Å². The van der Waals surface area contributed by atoms with Crippen LogP contribution in [0.2, 0.25) is 0 Å². The lowest BCUT2D eigenvalue weighted by Crippen LogP contribution is -1.78. The Labute approximate surface area is 121 Å². The van der Waals surface area contributed by atoms with Gasteiger partial charge in [-0.15, -0.1) is 0 Å². The number of hydrogen-bond acceptors (Lipinski definition) is 2. The van der Waals surface area contributed by atoms with Gasteiger partial charge in [0.25, 0.3) is 0 Å². The Morgan fingerprint density at radius 3 is 2.24 bits per heavy atom. The summed E-state index contributed by atoms with van der Waals surface area (Å²) in [5, 5.41) is 8.90. The molecule has 0 amide bonds. The first-order valence-electron chi connectivity index (χ1n) is 4.81. The largest absolute Gasteiger partial charge is 0.192 e. The molecule has 0 atom stereocenters. The highest BCUT2D eigenvalue weighted by Crippen LogP contribution is 2.31. The summed E-state index contributed by atoms with van der Waals surface area (Å²) in [7, 11) is 0. The summed E-state index contributed by atoms with van der Waals surface area (Å²) in [5.41, 5.74) is 0.666. The van der Waals surface area contributed by atoms with E-state index in [0.717, 1.165) is 18.7 Å². The zero-order valence-electron chi connectivity index (χ0n) is 8.65. The van der Waals surface area contributed by atoms with Gasteiger partial charge in [-0.05, 0) is 42.5 Å². The van der Waals surface area contributed by atoms with E-state index >= 15 is 0 Å². The number of halogens is 2. The molecular weight excluding hydrogens is 362 g/mol. The van der Waals surface area contributed by atoms with Crippen molar-refractivity contribution in [1.82, 2.24) is 0 Å². The van der Waals surface area contributed by atoms with Crippen LogP contribution in [0.25, 0.3) is 0 Å². The lowest BCUT2D eigenvalue weighted by Gasteiger charge is -2.03. The normalized spacial score (nSPS) is 9.94. The van der Waals surface area contributed by atoms with E-state index in [4.69, 9.17) is 5.26 Å². The van der Waals surface area contributed by atoms with Crippen molar-refractivity contribution in [1.29, 1.82) is 5.26 Å². The molecule has 0 saturated carbocycles. The quantitative estimate of drug-likeness (QED) is 0.724. The molecule has 17 heavy (non-hydrogen) atoms. The molecule has 0 radical (unpaired) electrons. The Hall–Kier alpha value is -0.760. The van der Waals surface area contributed by atoms with Gasteiger partial charge in [0.15, 0.2) is 0 Å². The van der Waals surface area contributed by atoms with Crippen molar-refractivity contribution in [3.8, 4) is 6.07 Å². The second kappa shape index (κ2) is 5.72. The van der Waals surface area contributed by atoms with E-state index in [-0.39, 0.29) is 0 Å². The molecular formula is C13H7Br2NS. The van der Waals surface area contributed by atoms with Crippen molar-refractivity contribution in [3.63, 3.8) is 0 Å². The van der Waals surface area contributed by atoms with Gasteiger partial charge in [-0.2, -0.15) is 5.26 Å². The minimum atomic E-state index is 0.666. The second-order valence-electron chi connectivity index (χ2n) is 3.34. The molecule has 0 saturated heterocycles. The van der Waals surface area contributed by atoms with E-state index in [9.17, 15) is 0 Å². The van der Waals surface area contributed by atoms with Gasteiger partial charge >= 0.3 is 0 Å². The third-order valence-corrected chi connectivity index (χ3v) is 4.02. The number of benzene rings is 2. The zero-order chi connectivity index (χ0) is 12.3. The van der Waals surface area contributed by atoms with E-state index in [1.807, 2.05) is 42.5 Å². The molecule has 2 aromatic rings. The summed E-state index contributed by atoms with van der Waals surface area (Å²) in [6, 6.07) is 16.0. The molecule has 0 spiro atoms. The first-order chi connectivity index (χ1) is 8.17. The topological polar surface area (TPSA) is 23.8 Å². The van der Waals surface area contributed by atoms with Crippen molar-refractivity contribution >= 4 is 43.6 Å². The van der Waals surface area contributed by atoms with Gasteiger partial charge in [-0.3, -0.25) is 0 Å². The molecule has 0 unspecified atom stereocenters. The molecule has 0 aliphatic rings. The van der Waals surface area contributed by atoms with Crippen molar-refractivity contribution in [3.05, 3.63) is 57.0 Å². The third kappa shape index (κ3) is 3.60. The standard InChI is InChI=1S/C13H7Br2NS/c14-10-1-3-12(4-2-10)17-13-6-9(8-16)5-11(15)7-13/h1-7H. The van der Waals surface area contributed by atoms with Crippen LogP contribution in [0.5, 0.6) is 0 Å². The smallest absolute Gasteiger partial charge is 0.0992 e. The van der Waals surface area contributed by atoms with Crippen molar-refractivity contribution in [2.45, 2.75) is 9.79 Å². The fourth-order valence-electron chi connectivity index (χ4n) is 1.32. The summed E-state index contributed by atoms with van der Waals surface area (Å²) < 4.78 is 1.99. The zero-order valence-corrected chi connectivity index (χ0v) is 12.6. The molecule has 0 heterocycles. The van der Waals surface area contributed by atoms with Crippen molar-refractivity contribution < 1.29 is 0 Å². The van der Waals surface area contributed by atoms with Crippen LogP contribution in [0.3, 0.4) is 0 Å². The number of rotatable bonds is 2. The number of nitriles is 1. The SMILES string of the molecule is N#Cc1cc(Br)cc(Sc2ccc(Br)cc2)c1. The maximum atomic E-state index is 8.90. The first-order valence-corrected chi connectivity index (χ1v) is 7.22.